The molecule has 2 aromatic carbocycles. The molecule has 0 saturated carbocycles. The third kappa shape index (κ3) is 7.43. The number of rotatable bonds is 10. The molecule has 0 unspecified atom stereocenters. The van der Waals surface area contributed by atoms with E-state index in [1.54, 1.807) is 6.07 Å². The Kier molecular flexibility index (Phi) is 9.86. The third-order valence-electron chi connectivity index (χ3n) is 5.40. The van der Waals surface area contributed by atoms with Crippen LogP contribution in [0.1, 0.15) is 41.8 Å². The van der Waals surface area contributed by atoms with Crippen LogP contribution in [0.5, 0.6) is 5.75 Å². The van der Waals surface area contributed by atoms with Gasteiger partial charge in [0.05, 0.1) is 16.2 Å². The Balaban J connectivity index is 0.00000456. The lowest BCUT2D eigenvalue weighted by Crippen LogP contribution is -2.29. The van der Waals surface area contributed by atoms with E-state index in [1.807, 2.05) is 32.0 Å². The Morgan fingerprint density at radius 1 is 1.08 bits per heavy atom. The van der Waals surface area contributed by atoms with Crippen molar-refractivity contribution in [3.05, 3.63) is 71.3 Å². The van der Waals surface area contributed by atoms with Crippen molar-refractivity contribution < 1.29 is 23.1 Å². The van der Waals surface area contributed by atoms with E-state index in [9.17, 15) is 18.3 Å². The number of hydrogen-bond acceptors (Lipinski definition) is 6. The molecule has 10 heteroatoms. The highest BCUT2D eigenvalue weighted by atomic mass is 35.5. The number of anilines is 1. The maximum atomic E-state index is 13.1. The highest BCUT2D eigenvalue weighted by Gasteiger charge is 2.19. The summed E-state index contributed by atoms with van der Waals surface area (Å²) in [6, 6.07) is 14.1. The minimum atomic E-state index is -4.11. The number of aromatic nitrogens is 1. The van der Waals surface area contributed by atoms with Crippen molar-refractivity contribution >= 4 is 34.2 Å². The molecule has 0 aliphatic carbocycles. The van der Waals surface area contributed by atoms with Gasteiger partial charge in [-0.3, -0.25) is 4.72 Å². The second kappa shape index (κ2) is 12.2. The molecule has 3 aromatic rings. The summed E-state index contributed by atoms with van der Waals surface area (Å²) in [6.45, 7) is 8.34. The van der Waals surface area contributed by atoms with E-state index in [0.717, 1.165) is 29.2 Å². The van der Waals surface area contributed by atoms with Crippen molar-refractivity contribution in [3.63, 3.8) is 0 Å². The Hall–Kier alpha value is -3.14. The number of aromatic carboxylic acids is 1. The van der Waals surface area contributed by atoms with E-state index in [1.165, 1.54) is 24.3 Å². The van der Waals surface area contributed by atoms with Gasteiger partial charge in [-0.1, -0.05) is 38.1 Å². The smallest absolute Gasteiger partial charge is 0.335 e. The zero-order valence-electron chi connectivity index (χ0n) is 20.7. The SMILES string of the molecule is Cc1cccc(C)c1-c1cc(OC[C@H](N)CC(C)C)cc(NS(=O)(=O)c2cccc(C(=O)O)c2)n1.Cl. The molecule has 36 heavy (non-hydrogen) atoms. The van der Waals surface area contributed by atoms with Crippen LogP contribution in [-0.2, 0) is 10.0 Å². The van der Waals surface area contributed by atoms with Crippen molar-refractivity contribution in [1.29, 1.82) is 0 Å². The molecule has 194 valence electrons. The fraction of sp³-hybridized carbons (Fsp3) is 0.308. The molecule has 1 aromatic heterocycles. The molecule has 1 heterocycles. The number of nitrogens with two attached hydrogens (primary N) is 1. The van der Waals surface area contributed by atoms with Gasteiger partial charge >= 0.3 is 5.97 Å². The average Bonchev–Trinajstić information content (AvgIpc) is 2.77. The van der Waals surface area contributed by atoms with E-state index < -0.39 is 16.0 Å². The summed E-state index contributed by atoms with van der Waals surface area (Å²) in [5.41, 5.74) is 9.43. The van der Waals surface area contributed by atoms with Gasteiger partial charge < -0.3 is 15.6 Å². The van der Waals surface area contributed by atoms with Gasteiger partial charge in [0, 0.05) is 23.7 Å². The molecular formula is C26H32ClN3O5S. The highest BCUT2D eigenvalue weighted by Crippen LogP contribution is 2.31. The van der Waals surface area contributed by atoms with Crippen molar-refractivity contribution in [1.82, 2.24) is 4.98 Å². The number of hydrogen-bond donors (Lipinski definition) is 3. The third-order valence-corrected chi connectivity index (χ3v) is 6.76. The van der Waals surface area contributed by atoms with Crippen LogP contribution in [0.2, 0.25) is 0 Å². The molecular weight excluding hydrogens is 502 g/mol. The molecule has 0 fully saturated rings. The molecule has 0 bridgehead atoms. The van der Waals surface area contributed by atoms with Gasteiger partial charge in [-0.15, -0.1) is 12.4 Å². The monoisotopic (exact) mass is 533 g/mol. The fourth-order valence-electron chi connectivity index (χ4n) is 3.86. The molecule has 3 rings (SSSR count). The highest BCUT2D eigenvalue weighted by molar-refractivity contribution is 7.92. The number of carboxylic acid groups (broad SMARTS) is 1. The number of benzene rings is 2. The largest absolute Gasteiger partial charge is 0.492 e. The van der Waals surface area contributed by atoms with Crippen LogP contribution >= 0.6 is 12.4 Å². The van der Waals surface area contributed by atoms with Gasteiger partial charge in [0.25, 0.3) is 10.0 Å². The molecule has 0 radical (unpaired) electrons. The Morgan fingerprint density at radius 2 is 1.72 bits per heavy atom. The summed E-state index contributed by atoms with van der Waals surface area (Å²) in [6.07, 6.45) is 0.786. The van der Waals surface area contributed by atoms with Crippen molar-refractivity contribution in [3.8, 4) is 17.0 Å². The quantitative estimate of drug-likeness (QED) is 0.332. The number of carbonyl (C=O) groups is 1. The molecule has 0 spiro atoms. The number of nitrogens with zero attached hydrogens (tertiary/aromatic N) is 1. The molecule has 0 amide bonds. The summed E-state index contributed by atoms with van der Waals surface area (Å²) in [4.78, 5) is 15.7. The lowest BCUT2D eigenvalue weighted by atomic mass is 9.99. The molecule has 0 aliphatic rings. The van der Waals surface area contributed by atoms with Crippen molar-refractivity contribution in [2.24, 2.45) is 11.7 Å². The second-order valence-corrected chi connectivity index (χ2v) is 10.7. The van der Waals surface area contributed by atoms with Crippen LogP contribution in [0.3, 0.4) is 0 Å². The molecule has 1 atom stereocenters. The van der Waals surface area contributed by atoms with E-state index >= 15 is 0 Å². The topological polar surface area (TPSA) is 132 Å². The fourth-order valence-corrected chi connectivity index (χ4v) is 4.89. The van der Waals surface area contributed by atoms with Gasteiger partial charge in [0.2, 0.25) is 0 Å². The number of halogens is 1. The summed E-state index contributed by atoms with van der Waals surface area (Å²) in [5.74, 6) is -0.321. The minimum absolute atomic E-state index is 0. The summed E-state index contributed by atoms with van der Waals surface area (Å²) in [7, 11) is -4.11. The maximum Gasteiger partial charge on any atom is 0.335 e. The zero-order chi connectivity index (χ0) is 25.8. The second-order valence-electron chi connectivity index (χ2n) is 8.98. The van der Waals surface area contributed by atoms with Crippen LogP contribution in [-0.4, -0.2) is 37.1 Å². The van der Waals surface area contributed by atoms with Gasteiger partial charge in [-0.05, 0) is 55.5 Å². The Morgan fingerprint density at radius 3 is 2.33 bits per heavy atom. The molecule has 8 nitrogen and oxygen atoms in total. The lowest BCUT2D eigenvalue weighted by Gasteiger charge is -2.17. The minimum Gasteiger partial charge on any atom is -0.492 e. The van der Waals surface area contributed by atoms with Crippen molar-refractivity contribution in [2.45, 2.75) is 45.1 Å². The van der Waals surface area contributed by atoms with E-state index in [4.69, 9.17) is 10.5 Å². The van der Waals surface area contributed by atoms with E-state index in [2.05, 4.69) is 23.6 Å². The predicted molar refractivity (Wildman–Crippen MR) is 144 cm³/mol. The number of ether oxygens (including phenoxy) is 1. The molecule has 0 aliphatic heterocycles. The number of sulfonamides is 1. The first-order chi connectivity index (χ1) is 16.5. The normalized spacial score (nSPS) is 12.1. The Labute approximate surface area is 218 Å². The maximum absolute atomic E-state index is 13.1. The van der Waals surface area contributed by atoms with Crippen LogP contribution in [0.25, 0.3) is 11.3 Å². The van der Waals surface area contributed by atoms with Gasteiger partial charge in [-0.25, -0.2) is 18.2 Å². The lowest BCUT2D eigenvalue weighted by molar-refractivity contribution is 0.0696. The summed E-state index contributed by atoms with van der Waals surface area (Å²) < 4.78 is 34.5. The predicted octanol–water partition coefficient (Wildman–Crippen LogP) is 5.04. The first-order valence-corrected chi connectivity index (χ1v) is 12.8. The Bertz CT molecular complexity index is 1310. The van der Waals surface area contributed by atoms with Crippen LogP contribution in [0, 0.1) is 19.8 Å². The average molecular weight is 534 g/mol. The van der Waals surface area contributed by atoms with Gasteiger partial charge in [0.15, 0.2) is 0 Å². The first-order valence-electron chi connectivity index (χ1n) is 11.3. The molecule has 0 saturated heterocycles. The molecule has 4 N–H and O–H groups in total. The number of aryl methyl sites for hydroxylation is 2. The van der Waals surface area contributed by atoms with Crippen LogP contribution in [0.15, 0.2) is 59.5 Å². The van der Waals surface area contributed by atoms with Crippen LogP contribution < -0.4 is 15.2 Å². The summed E-state index contributed by atoms with van der Waals surface area (Å²) in [5, 5.41) is 9.22. The van der Waals surface area contributed by atoms with E-state index in [-0.39, 0.29) is 41.3 Å². The standard InChI is InChI=1S/C26H31N3O5S.ClH/c1-16(2)11-20(27)15-34-21-13-23(25-17(3)7-5-8-18(25)4)28-24(14-21)29-35(32,33)22-10-6-9-19(12-22)26(30)31;/h5-10,12-14,16,20H,11,15,27H2,1-4H3,(H,28,29)(H,30,31);1H/t20-;/m1./s1. The van der Waals surface area contributed by atoms with Crippen LogP contribution in [0.4, 0.5) is 5.82 Å². The van der Waals surface area contributed by atoms with E-state index in [0.29, 0.717) is 17.4 Å². The van der Waals surface area contributed by atoms with Gasteiger partial charge in [-0.2, -0.15) is 0 Å². The zero-order valence-corrected chi connectivity index (χ0v) is 22.3. The van der Waals surface area contributed by atoms with Crippen molar-refractivity contribution in [2.75, 3.05) is 11.3 Å². The number of carboxylic acids is 1. The van der Waals surface area contributed by atoms with Gasteiger partial charge in [0.1, 0.15) is 18.2 Å². The summed E-state index contributed by atoms with van der Waals surface area (Å²) >= 11 is 0. The number of nitrogens with one attached hydrogen (secondary N) is 1. The number of pyridine rings is 1. The first kappa shape index (κ1) is 29.1.